The molecule has 162 valence electrons. The van der Waals surface area contributed by atoms with E-state index in [1.54, 1.807) is 9.80 Å². The molecule has 0 aliphatic carbocycles. The molecule has 0 unspecified atom stereocenters. The molecule has 1 saturated heterocycles. The van der Waals surface area contributed by atoms with E-state index in [1.807, 2.05) is 58.3 Å². The second-order valence-electron chi connectivity index (χ2n) is 9.09. The Bertz CT molecular complexity index is 889. The zero-order valence-electron chi connectivity index (χ0n) is 18.7. The monoisotopic (exact) mass is 411 g/mol. The molecule has 6 heteroatoms. The van der Waals surface area contributed by atoms with Crippen LogP contribution >= 0.6 is 0 Å². The third-order valence-electron chi connectivity index (χ3n) is 5.52. The van der Waals surface area contributed by atoms with Crippen molar-refractivity contribution in [1.82, 2.24) is 14.4 Å². The highest BCUT2D eigenvalue weighted by Gasteiger charge is 2.29. The van der Waals surface area contributed by atoms with Crippen LogP contribution in [0.5, 0.6) is 0 Å². The number of ether oxygens (including phenoxy) is 1. The van der Waals surface area contributed by atoms with Gasteiger partial charge in [-0.15, -0.1) is 0 Å². The van der Waals surface area contributed by atoms with Crippen molar-refractivity contribution in [2.24, 2.45) is 0 Å². The third kappa shape index (κ3) is 5.23. The lowest BCUT2D eigenvalue weighted by molar-refractivity contribution is 0.0186. The van der Waals surface area contributed by atoms with Gasteiger partial charge in [-0.3, -0.25) is 4.79 Å². The normalized spacial score (nSPS) is 15.2. The summed E-state index contributed by atoms with van der Waals surface area (Å²) < 4.78 is 7.55. The van der Waals surface area contributed by atoms with Crippen molar-refractivity contribution in [2.45, 2.75) is 58.7 Å². The van der Waals surface area contributed by atoms with E-state index in [2.05, 4.69) is 23.6 Å². The highest BCUT2D eigenvalue weighted by molar-refractivity contribution is 5.92. The summed E-state index contributed by atoms with van der Waals surface area (Å²) in [6.45, 7) is 9.53. The number of nitrogens with zero attached hydrogens (tertiary/aromatic N) is 3. The molecule has 0 N–H and O–H groups in total. The van der Waals surface area contributed by atoms with E-state index < -0.39 is 5.60 Å². The summed E-state index contributed by atoms with van der Waals surface area (Å²) in [6, 6.07) is 12.1. The van der Waals surface area contributed by atoms with Gasteiger partial charge in [0.2, 0.25) is 0 Å². The van der Waals surface area contributed by atoms with Crippen molar-refractivity contribution >= 4 is 12.0 Å². The summed E-state index contributed by atoms with van der Waals surface area (Å²) in [5.41, 5.74) is 2.54. The Labute approximate surface area is 179 Å². The number of hydrogen-bond acceptors (Lipinski definition) is 3. The molecule has 2 aromatic rings. The molecular formula is C24H33N3O3. The van der Waals surface area contributed by atoms with Crippen LogP contribution in [0.25, 0.3) is 0 Å². The molecule has 0 atom stereocenters. The Kier molecular flexibility index (Phi) is 6.54. The SMILES string of the molecule is Cc1ccccc1CN(C)C(=O)c1cccn1C1CCN(C(=O)OC(C)(C)C)CC1. The lowest BCUT2D eigenvalue weighted by Gasteiger charge is -2.34. The summed E-state index contributed by atoms with van der Waals surface area (Å²) in [5.74, 6) is 0.0119. The van der Waals surface area contributed by atoms with Gasteiger partial charge in [0, 0.05) is 38.9 Å². The molecule has 0 spiro atoms. The van der Waals surface area contributed by atoms with E-state index in [0.29, 0.717) is 25.3 Å². The molecule has 1 aliphatic heterocycles. The van der Waals surface area contributed by atoms with Gasteiger partial charge in [-0.1, -0.05) is 24.3 Å². The van der Waals surface area contributed by atoms with Gasteiger partial charge in [-0.2, -0.15) is 0 Å². The largest absolute Gasteiger partial charge is 0.444 e. The molecule has 0 saturated carbocycles. The molecule has 0 bridgehead atoms. The van der Waals surface area contributed by atoms with Crippen LogP contribution in [0.4, 0.5) is 4.79 Å². The van der Waals surface area contributed by atoms with Crippen molar-refractivity contribution < 1.29 is 14.3 Å². The molecule has 2 heterocycles. The maximum atomic E-state index is 13.1. The summed E-state index contributed by atoms with van der Waals surface area (Å²) in [4.78, 5) is 29.0. The summed E-state index contributed by atoms with van der Waals surface area (Å²) in [5, 5.41) is 0. The average molecular weight is 412 g/mol. The quantitative estimate of drug-likeness (QED) is 0.736. The minimum absolute atomic E-state index is 0.0119. The van der Waals surface area contributed by atoms with Crippen LogP contribution in [-0.4, -0.2) is 52.1 Å². The second-order valence-corrected chi connectivity index (χ2v) is 9.09. The Morgan fingerprint density at radius 1 is 1.10 bits per heavy atom. The lowest BCUT2D eigenvalue weighted by atomic mass is 10.0. The van der Waals surface area contributed by atoms with Crippen molar-refractivity contribution in [3.63, 3.8) is 0 Å². The molecule has 30 heavy (non-hydrogen) atoms. The van der Waals surface area contributed by atoms with E-state index in [4.69, 9.17) is 4.74 Å². The Hall–Kier alpha value is -2.76. The summed E-state index contributed by atoms with van der Waals surface area (Å²) in [7, 11) is 1.84. The van der Waals surface area contributed by atoms with Crippen molar-refractivity contribution in [3.05, 3.63) is 59.4 Å². The summed E-state index contributed by atoms with van der Waals surface area (Å²) >= 11 is 0. The van der Waals surface area contributed by atoms with Crippen LogP contribution in [0.1, 0.15) is 61.3 Å². The first-order chi connectivity index (χ1) is 14.2. The van der Waals surface area contributed by atoms with Gasteiger partial charge in [0.25, 0.3) is 5.91 Å². The number of carbonyl (C=O) groups excluding carboxylic acids is 2. The molecule has 1 aromatic heterocycles. The molecule has 1 aromatic carbocycles. The second kappa shape index (κ2) is 8.94. The first kappa shape index (κ1) is 21.9. The molecule has 3 rings (SSSR count). The predicted molar refractivity (Wildman–Crippen MR) is 117 cm³/mol. The van der Waals surface area contributed by atoms with Crippen LogP contribution in [0.2, 0.25) is 0 Å². The molecule has 1 aliphatic rings. The van der Waals surface area contributed by atoms with Gasteiger partial charge in [-0.25, -0.2) is 4.79 Å². The van der Waals surface area contributed by atoms with Crippen molar-refractivity contribution in [2.75, 3.05) is 20.1 Å². The fraction of sp³-hybridized carbons (Fsp3) is 0.500. The topological polar surface area (TPSA) is 54.8 Å². The number of aromatic nitrogens is 1. The van der Waals surface area contributed by atoms with E-state index in [-0.39, 0.29) is 18.0 Å². The van der Waals surface area contributed by atoms with Crippen LogP contribution in [0.3, 0.4) is 0 Å². The average Bonchev–Trinajstić information content (AvgIpc) is 3.17. The molecule has 6 nitrogen and oxygen atoms in total. The molecule has 0 radical (unpaired) electrons. The number of hydrogen-bond donors (Lipinski definition) is 0. The first-order valence-electron chi connectivity index (χ1n) is 10.6. The lowest BCUT2D eigenvalue weighted by Crippen LogP contribution is -2.42. The highest BCUT2D eigenvalue weighted by atomic mass is 16.6. The van der Waals surface area contributed by atoms with E-state index >= 15 is 0 Å². The van der Waals surface area contributed by atoms with Gasteiger partial charge in [0.15, 0.2) is 0 Å². The van der Waals surface area contributed by atoms with Crippen molar-refractivity contribution in [1.29, 1.82) is 0 Å². The standard InChI is InChI=1S/C24H33N3O3/c1-18-9-6-7-10-19(18)17-25(5)22(28)21-11-8-14-27(21)20-12-15-26(16-13-20)23(29)30-24(2,3)4/h6-11,14,20H,12-13,15-17H2,1-5H3. The zero-order valence-corrected chi connectivity index (χ0v) is 18.7. The predicted octanol–water partition coefficient (Wildman–Crippen LogP) is 4.64. The van der Waals surface area contributed by atoms with Crippen molar-refractivity contribution in [3.8, 4) is 0 Å². The van der Waals surface area contributed by atoms with Crippen LogP contribution in [0.15, 0.2) is 42.6 Å². The van der Waals surface area contributed by atoms with Gasteiger partial charge in [0.1, 0.15) is 11.3 Å². The van der Waals surface area contributed by atoms with Gasteiger partial charge in [-0.05, 0) is 63.8 Å². The molecule has 2 amide bonds. The maximum absolute atomic E-state index is 13.1. The van der Waals surface area contributed by atoms with Gasteiger partial charge >= 0.3 is 6.09 Å². The minimum Gasteiger partial charge on any atom is -0.444 e. The zero-order chi connectivity index (χ0) is 21.9. The number of likely N-dealkylation sites (tertiary alicyclic amines) is 1. The Balaban J connectivity index is 1.64. The van der Waals surface area contributed by atoms with Crippen LogP contribution in [0, 0.1) is 6.92 Å². The summed E-state index contributed by atoms with van der Waals surface area (Å²) in [6.07, 6.45) is 3.32. The smallest absolute Gasteiger partial charge is 0.410 e. The molecular weight excluding hydrogens is 378 g/mol. The third-order valence-corrected chi connectivity index (χ3v) is 5.52. The molecule has 1 fully saturated rings. The van der Waals surface area contributed by atoms with Crippen LogP contribution < -0.4 is 0 Å². The minimum atomic E-state index is -0.490. The fourth-order valence-electron chi connectivity index (χ4n) is 3.86. The Morgan fingerprint density at radius 2 is 1.77 bits per heavy atom. The Morgan fingerprint density at radius 3 is 2.40 bits per heavy atom. The highest BCUT2D eigenvalue weighted by Crippen LogP contribution is 2.26. The van der Waals surface area contributed by atoms with Gasteiger partial charge < -0.3 is 19.1 Å². The van der Waals surface area contributed by atoms with Gasteiger partial charge in [0.05, 0.1) is 0 Å². The van der Waals surface area contributed by atoms with Crippen LogP contribution in [-0.2, 0) is 11.3 Å². The van der Waals surface area contributed by atoms with E-state index in [1.165, 1.54) is 5.56 Å². The van der Waals surface area contributed by atoms with E-state index in [9.17, 15) is 9.59 Å². The number of benzene rings is 1. The number of amides is 2. The maximum Gasteiger partial charge on any atom is 0.410 e. The fourth-order valence-corrected chi connectivity index (χ4v) is 3.86. The first-order valence-corrected chi connectivity index (χ1v) is 10.6. The number of rotatable bonds is 4. The number of aryl methyl sites for hydroxylation is 1. The van der Waals surface area contributed by atoms with E-state index in [0.717, 1.165) is 18.4 Å². The number of carbonyl (C=O) groups is 2. The number of piperidine rings is 1.